The molecule has 6 heteroatoms. The van der Waals surface area contributed by atoms with Crippen LogP contribution in [0.1, 0.15) is 23.2 Å². The van der Waals surface area contributed by atoms with E-state index in [0.29, 0.717) is 17.8 Å². The fourth-order valence-corrected chi connectivity index (χ4v) is 2.26. The molecule has 1 saturated heterocycles. The summed E-state index contributed by atoms with van der Waals surface area (Å²) in [5, 5.41) is 2.78. The fraction of sp³-hybridized carbons (Fsp3) is 0.429. The second kappa shape index (κ2) is 6.49. The van der Waals surface area contributed by atoms with Gasteiger partial charge in [0.05, 0.1) is 6.54 Å². The third kappa shape index (κ3) is 4.04. The molecule has 1 fully saturated rings. The molecule has 1 aliphatic heterocycles. The number of hydrogen-bond donors (Lipinski definition) is 3. The van der Waals surface area contributed by atoms with Crippen molar-refractivity contribution in [3.05, 3.63) is 29.8 Å². The van der Waals surface area contributed by atoms with Gasteiger partial charge >= 0.3 is 0 Å². The van der Waals surface area contributed by atoms with Crippen LogP contribution < -0.4 is 16.8 Å². The first-order valence-electron chi connectivity index (χ1n) is 6.72. The summed E-state index contributed by atoms with van der Waals surface area (Å²) >= 11 is 0. The molecule has 0 spiro atoms. The number of hydrogen-bond acceptors (Lipinski definition) is 4. The van der Waals surface area contributed by atoms with Gasteiger partial charge in [-0.05, 0) is 31.0 Å². The third-order valence-corrected chi connectivity index (χ3v) is 3.43. The Labute approximate surface area is 118 Å². The van der Waals surface area contributed by atoms with Crippen molar-refractivity contribution in [2.45, 2.75) is 18.9 Å². The number of nitrogens with one attached hydrogen (secondary N) is 1. The normalized spacial score (nSPS) is 16.9. The molecule has 1 heterocycles. The van der Waals surface area contributed by atoms with Crippen LogP contribution in [0, 0.1) is 0 Å². The molecule has 0 bridgehead atoms. The summed E-state index contributed by atoms with van der Waals surface area (Å²) in [6.07, 6.45) is 1.84. The zero-order valence-corrected chi connectivity index (χ0v) is 11.3. The first-order valence-corrected chi connectivity index (χ1v) is 6.72. The molecule has 2 rings (SSSR count). The maximum Gasteiger partial charge on any atom is 0.248 e. The summed E-state index contributed by atoms with van der Waals surface area (Å²) in [6.45, 7) is 2.03. The van der Waals surface area contributed by atoms with E-state index in [1.54, 1.807) is 24.3 Å². The molecule has 1 aliphatic rings. The lowest BCUT2D eigenvalue weighted by Crippen LogP contribution is -2.43. The lowest BCUT2D eigenvalue weighted by molar-refractivity contribution is -0.117. The minimum atomic E-state index is -0.508. The second-order valence-electron chi connectivity index (χ2n) is 5.11. The number of amides is 2. The SMILES string of the molecule is NC(=O)c1cccc(NC(=O)CN2CCC(N)CC2)c1. The van der Waals surface area contributed by atoms with Gasteiger partial charge in [0, 0.05) is 30.4 Å². The van der Waals surface area contributed by atoms with E-state index in [9.17, 15) is 9.59 Å². The summed E-state index contributed by atoms with van der Waals surface area (Å²) < 4.78 is 0. The van der Waals surface area contributed by atoms with E-state index >= 15 is 0 Å². The van der Waals surface area contributed by atoms with Gasteiger partial charge in [-0.2, -0.15) is 0 Å². The number of piperidine rings is 1. The Kier molecular flexibility index (Phi) is 4.70. The fourth-order valence-electron chi connectivity index (χ4n) is 2.26. The average molecular weight is 276 g/mol. The van der Waals surface area contributed by atoms with E-state index < -0.39 is 5.91 Å². The number of carbonyl (C=O) groups excluding carboxylic acids is 2. The van der Waals surface area contributed by atoms with E-state index in [4.69, 9.17) is 11.5 Å². The van der Waals surface area contributed by atoms with Gasteiger partial charge in [-0.25, -0.2) is 0 Å². The van der Waals surface area contributed by atoms with Gasteiger partial charge in [-0.15, -0.1) is 0 Å². The zero-order chi connectivity index (χ0) is 14.5. The molecule has 6 nitrogen and oxygen atoms in total. The average Bonchev–Trinajstić information content (AvgIpc) is 2.41. The molecule has 2 amide bonds. The Morgan fingerprint density at radius 2 is 2.00 bits per heavy atom. The predicted octanol–water partition coefficient (Wildman–Crippen LogP) is 0.147. The van der Waals surface area contributed by atoms with Crippen LogP contribution in [0.5, 0.6) is 0 Å². The zero-order valence-electron chi connectivity index (χ0n) is 11.3. The van der Waals surface area contributed by atoms with Crippen LogP contribution in [0.2, 0.25) is 0 Å². The minimum Gasteiger partial charge on any atom is -0.366 e. The molecule has 0 atom stereocenters. The Morgan fingerprint density at radius 3 is 2.65 bits per heavy atom. The molecule has 0 unspecified atom stereocenters. The van der Waals surface area contributed by atoms with Crippen molar-refractivity contribution in [3.63, 3.8) is 0 Å². The van der Waals surface area contributed by atoms with E-state index in [2.05, 4.69) is 10.2 Å². The van der Waals surface area contributed by atoms with Crippen LogP contribution in [-0.4, -0.2) is 42.4 Å². The van der Waals surface area contributed by atoms with Crippen LogP contribution >= 0.6 is 0 Å². The van der Waals surface area contributed by atoms with E-state index in [1.165, 1.54) is 0 Å². The molecule has 0 radical (unpaired) electrons. The van der Waals surface area contributed by atoms with E-state index in [1.807, 2.05) is 0 Å². The lowest BCUT2D eigenvalue weighted by atomic mass is 10.1. The Balaban J connectivity index is 1.88. The topological polar surface area (TPSA) is 101 Å². The molecule has 0 aromatic heterocycles. The highest BCUT2D eigenvalue weighted by molar-refractivity contribution is 5.96. The van der Waals surface area contributed by atoms with Crippen LogP contribution in [0.4, 0.5) is 5.69 Å². The number of nitrogens with two attached hydrogens (primary N) is 2. The number of likely N-dealkylation sites (tertiary alicyclic amines) is 1. The lowest BCUT2D eigenvalue weighted by Gasteiger charge is -2.29. The first-order chi connectivity index (χ1) is 9.54. The van der Waals surface area contributed by atoms with Crippen LogP contribution in [0.3, 0.4) is 0 Å². The van der Waals surface area contributed by atoms with E-state index in [0.717, 1.165) is 25.9 Å². The van der Waals surface area contributed by atoms with Gasteiger partial charge in [0.1, 0.15) is 0 Å². The molecule has 1 aromatic carbocycles. The quantitative estimate of drug-likeness (QED) is 0.728. The molecular weight excluding hydrogens is 256 g/mol. The summed E-state index contributed by atoms with van der Waals surface area (Å²) in [6, 6.07) is 6.86. The molecule has 20 heavy (non-hydrogen) atoms. The largest absolute Gasteiger partial charge is 0.366 e. The van der Waals surface area contributed by atoms with Crippen molar-refractivity contribution in [2.24, 2.45) is 11.5 Å². The van der Waals surface area contributed by atoms with Crippen LogP contribution in [0.15, 0.2) is 24.3 Å². The van der Waals surface area contributed by atoms with Crippen molar-refractivity contribution in [1.29, 1.82) is 0 Å². The number of rotatable bonds is 4. The highest BCUT2D eigenvalue weighted by Gasteiger charge is 2.18. The molecule has 1 aromatic rings. The standard InChI is InChI=1S/C14H20N4O2/c15-11-4-6-18(7-5-11)9-13(19)17-12-3-1-2-10(8-12)14(16)20/h1-3,8,11H,4-7,9,15H2,(H2,16,20)(H,17,19). The Hall–Kier alpha value is -1.92. The highest BCUT2D eigenvalue weighted by atomic mass is 16.2. The van der Waals surface area contributed by atoms with Gasteiger partial charge < -0.3 is 16.8 Å². The summed E-state index contributed by atoms with van der Waals surface area (Å²) in [5.74, 6) is -0.604. The van der Waals surface area contributed by atoms with Gasteiger partial charge in [0.15, 0.2) is 0 Å². The highest BCUT2D eigenvalue weighted by Crippen LogP contribution is 2.11. The third-order valence-electron chi connectivity index (χ3n) is 3.43. The summed E-state index contributed by atoms with van der Waals surface area (Å²) in [5.41, 5.74) is 12.0. The number of benzene rings is 1. The molecular formula is C14H20N4O2. The van der Waals surface area contributed by atoms with Gasteiger partial charge in [0.25, 0.3) is 0 Å². The first kappa shape index (κ1) is 14.5. The Morgan fingerprint density at radius 1 is 1.30 bits per heavy atom. The molecule has 5 N–H and O–H groups in total. The summed E-state index contributed by atoms with van der Waals surface area (Å²) in [7, 11) is 0. The van der Waals surface area contributed by atoms with Gasteiger partial charge in [0.2, 0.25) is 11.8 Å². The van der Waals surface area contributed by atoms with Crippen molar-refractivity contribution in [1.82, 2.24) is 4.90 Å². The minimum absolute atomic E-state index is 0.0953. The van der Waals surface area contributed by atoms with Gasteiger partial charge in [-0.1, -0.05) is 6.07 Å². The maximum atomic E-state index is 11.9. The Bertz CT molecular complexity index is 496. The molecule has 108 valence electrons. The number of anilines is 1. The number of primary amides is 1. The monoisotopic (exact) mass is 276 g/mol. The van der Waals surface area contributed by atoms with E-state index in [-0.39, 0.29) is 11.9 Å². The maximum absolute atomic E-state index is 11.9. The van der Waals surface area contributed by atoms with Crippen molar-refractivity contribution < 1.29 is 9.59 Å². The smallest absolute Gasteiger partial charge is 0.248 e. The van der Waals surface area contributed by atoms with Crippen LogP contribution in [-0.2, 0) is 4.79 Å². The molecule has 0 aliphatic carbocycles. The van der Waals surface area contributed by atoms with Crippen LogP contribution in [0.25, 0.3) is 0 Å². The summed E-state index contributed by atoms with van der Waals surface area (Å²) in [4.78, 5) is 25.1. The number of nitrogens with zero attached hydrogens (tertiary/aromatic N) is 1. The second-order valence-corrected chi connectivity index (χ2v) is 5.11. The molecule has 0 saturated carbocycles. The van der Waals surface area contributed by atoms with Crippen molar-refractivity contribution in [2.75, 3.05) is 25.0 Å². The number of carbonyl (C=O) groups is 2. The van der Waals surface area contributed by atoms with Crippen molar-refractivity contribution in [3.8, 4) is 0 Å². The predicted molar refractivity (Wildman–Crippen MR) is 77.2 cm³/mol. The van der Waals surface area contributed by atoms with Crippen molar-refractivity contribution >= 4 is 17.5 Å². The van der Waals surface area contributed by atoms with Gasteiger partial charge in [-0.3, -0.25) is 14.5 Å².